The zero-order valence-electron chi connectivity index (χ0n) is 12.7. The molecule has 23 heavy (non-hydrogen) atoms. The van der Waals surface area contributed by atoms with E-state index in [4.69, 9.17) is 4.42 Å². The van der Waals surface area contributed by atoms with E-state index in [1.54, 1.807) is 18.2 Å². The highest BCUT2D eigenvalue weighted by molar-refractivity contribution is 5.92. The first-order valence-electron chi connectivity index (χ1n) is 7.93. The summed E-state index contributed by atoms with van der Waals surface area (Å²) >= 11 is 0. The fourth-order valence-electron chi connectivity index (χ4n) is 3.55. The van der Waals surface area contributed by atoms with Crippen LogP contribution in [0.1, 0.15) is 12.8 Å². The summed E-state index contributed by atoms with van der Waals surface area (Å²) in [6, 6.07) is 6.42. The van der Waals surface area contributed by atoms with Gasteiger partial charge in [0.15, 0.2) is 5.43 Å². The Balaban J connectivity index is 1.51. The fourth-order valence-corrected chi connectivity index (χ4v) is 3.55. The van der Waals surface area contributed by atoms with Crippen LogP contribution in [0.2, 0.25) is 0 Å². The van der Waals surface area contributed by atoms with Crippen molar-refractivity contribution >= 4 is 22.7 Å². The smallest absolute Gasteiger partial charge is 0.321 e. The average Bonchev–Trinajstić information content (AvgIpc) is 3.00. The highest BCUT2D eigenvalue weighted by Gasteiger charge is 2.35. The third-order valence-corrected chi connectivity index (χ3v) is 4.82. The van der Waals surface area contributed by atoms with Crippen molar-refractivity contribution in [2.24, 2.45) is 11.8 Å². The molecule has 1 saturated heterocycles. The molecule has 2 heterocycles. The van der Waals surface area contributed by atoms with Crippen LogP contribution in [-0.4, -0.2) is 24.0 Å². The van der Waals surface area contributed by atoms with Gasteiger partial charge in [0, 0.05) is 24.8 Å². The van der Waals surface area contributed by atoms with Gasteiger partial charge < -0.3 is 14.6 Å². The van der Waals surface area contributed by atoms with Gasteiger partial charge in [0.1, 0.15) is 5.58 Å². The number of amides is 2. The Kier molecular flexibility index (Phi) is 3.41. The molecular weight excluding hydrogens is 292 g/mol. The van der Waals surface area contributed by atoms with E-state index in [2.05, 4.69) is 17.5 Å². The highest BCUT2D eigenvalue weighted by atomic mass is 16.3. The molecule has 1 aliphatic heterocycles. The van der Waals surface area contributed by atoms with E-state index >= 15 is 0 Å². The summed E-state index contributed by atoms with van der Waals surface area (Å²) in [7, 11) is 0. The molecule has 4 rings (SSSR count). The van der Waals surface area contributed by atoms with Crippen molar-refractivity contribution < 1.29 is 9.21 Å². The Bertz CT molecular complexity index is 824. The van der Waals surface area contributed by atoms with Crippen molar-refractivity contribution in [2.45, 2.75) is 12.8 Å². The Hall–Kier alpha value is -2.56. The number of anilines is 1. The van der Waals surface area contributed by atoms with Crippen LogP contribution in [0, 0.1) is 11.8 Å². The van der Waals surface area contributed by atoms with Crippen LogP contribution in [0.4, 0.5) is 10.5 Å². The minimum atomic E-state index is -0.111. The maximum absolute atomic E-state index is 12.5. The van der Waals surface area contributed by atoms with E-state index < -0.39 is 0 Å². The first-order valence-corrected chi connectivity index (χ1v) is 7.93. The van der Waals surface area contributed by atoms with Crippen LogP contribution in [-0.2, 0) is 0 Å². The van der Waals surface area contributed by atoms with E-state index in [1.807, 2.05) is 4.90 Å². The van der Waals surface area contributed by atoms with E-state index in [0.29, 0.717) is 28.5 Å². The molecule has 1 aromatic heterocycles. The lowest BCUT2D eigenvalue weighted by Crippen LogP contribution is -2.33. The molecule has 1 N–H and O–H groups in total. The van der Waals surface area contributed by atoms with Crippen molar-refractivity contribution in [3.8, 4) is 0 Å². The predicted octanol–water partition coefficient (Wildman–Crippen LogP) is 3.22. The van der Waals surface area contributed by atoms with Crippen LogP contribution in [0.3, 0.4) is 0 Å². The molecule has 5 heteroatoms. The Morgan fingerprint density at radius 1 is 1.13 bits per heavy atom. The SMILES string of the molecule is O=C(Nc1ccc2occc(=O)c2c1)N1C[C@H]2CC=CC[C@H]2C1. The zero-order chi connectivity index (χ0) is 15.8. The molecule has 118 valence electrons. The number of benzene rings is 1. The molecule has 0 radical (unpaired) electrons. The van der Waals surface area contributed by atoms with Crippen molar-refractivity contribution in [1.82, 2.24) is 4.90 Å². The topological polar surface area (TPSA) is 62.6 Å². The van der Waals surface area contributed by atoms with Gasteiger partial charge in [-0.3, -0.25) is 4.79 Å². The number of nitrogens with one attached hydrogen (secondary N) is 1. The van der Waals surface area contributed by atoms with E-state index in [-0.39, 0.29) is 11.5 Å². The molecule has 2 aliphatic rings. The molecular formula is C18H18N2O3. The van der Waals surface area contributed by atoms with Gasteiger partial charge in [-0.05, 0) is 42.9 Å². The quantitative estimate of drug-likeness (QED) is 0.823. The monoisotopic (exact) mass is 310 g/mol. The second-order valence-electron chi connectivity index (χ2n) is 6.29. The lowest BCUT2D eigenvalue weighted by molar-refractivity contribution is 0.220. The van der Waals surface area contributed by atoms with Crippen LogP contribution in [0.5, 0.6) is 0 Å². The summed E-state index contributed by atoms with van der Waals surface area (Å²) < 4.78 is 5.29. The second-order valence-corrected chi connectivity index (χ2v) is 6.29. The minimum absolute atomic E-state index is 0.0981. The van der Waals surface area contributed by atoms with E-state index in [0.717, 1.165) is 25.9 Å². The summed E-state index contributed by atoms with van der Waals surface area (Å²) in [5.74, 6) is 1.16. The summed E-state index contributed by atoms with van der Waals surface area (Å²) in [6.07, 6.45) is 7.93. The molecule has 1 aromatic carbocycles. The van der Waals surface area contributed by atoms with E-state index in [9.17, 15) is 9.59 Å². The number of nitrogens with zero attached hydrogens (tertiary/aromatic N) is 1. The Morgan fingerprint density at radius 3 is 2.61 bits per heavy atom. The van der Waals surface area contributed by atoms with Gasteiger partial charge in [0.2, 0.25) is 0 Å². The van der Waals surface area contributed by atoms with Crippen molar-refractivity contribution in [1.29, 1.82) is 0 Å². The number of rotatable bonds is 1. The predicted molar refractivity (Wildman–Crippen MR) is 88.4 cm³/mol. The normalized spacial score (nSPS) is 23.0. The van der Waals surface area contributed by atoms with Gasteiger partial charge >= 0.3 is 6.03 Å². The number of hydrogen-bond acceptors (Lipinski definition) is 3. The molecule has 0 unspecified atom stereocenters. The largest absolute Gasteiger partial charge is 0.464 e. The molecule has 2 amide bonds. The number of allylic oxidation sites excluding steroid dienone is 2. The fraction of sp³-hybridized carbons (Fsp3) is 0.333. The van der Waals surface area contributed by atoms with Gasteiger partial charge in [0.25, 0.3) is 0 Å². The van der Waals surface area contributed by atoms with Gasteiger partial charge in [-0.1, -0.05) is 12.2 Å². The summed E-state index contributed by atoms with van der Waals surface area (Å²) in [5.41, 5.74) is 1.03. The second kappa shape index (κ2) is 5.57. The van der Waals surface area contributed by atoms with Crippen molar-refractivity contribution in [3.63, 3.8) is 0 Å². The third-order valence-electron chi connectivity index (χ3n) is 4.82. The van der Waals surface area contributed by atoms with Crippen molar-refractivity contribution in [2.75, 3.05) is 18.4 Å². The zero-order valence-corrected chi connectivity index (χ0v) is 12.7. The highest BCUT2D eigenvalue weighted by Crippen LogP contribution is 2.33. The lowest BCUT2D eigenvalue weighted by atomic mass is 9.86. The molecule has 2 aromatic rings. The van der Waals surface area contributed by atoms with Crippen molar-refractivity contribution in [3.05, 3.63) is 52.9 Å². The van der Waals surface area contributed by atoms with Gasteiger partial charge in [-0.15, -0.1) is 0 Å². The third kappa shape index (κ3) is 2.63. The Morgan fingerprint density at radius 2 is 1.87 bits per heavy atom. The van der Waals surface area contributed by atoms with Crippen LogP contribution < -0.4 is 10.7 Å². The lowest BCUT2D eigenvalue weighted by Gasteiger charge is -2.17. The number of carbonyl (C=O) groups excluding carboxylic acids is 1. The van der Waals surface area contributed by atoms with Gasteiger partial charge in [-0.25, -0.2) is 4.79 Å². The van der Waals surface area contributed by atoms with Gasteiger partial charge in [0.05, 0.1) is 11.6 Å². The molecule has 1 aliphatic carbocycles. The number of hydrogen-bond donors (Lipinski definition) is 1. The molecule has 0 bridgehead atoms. The van der Waals surface area contributed by atoms with E-state index in [1.165, 1.54) is 12.3 Å². The molecule has 1 fully saturated rings. The summed E-state index contributed by atoms with van der Waals surface area (Å²) in [5, 5.41) is 3.38. The Labute approximate surface area is 133 Å². The van der Waals surface area contributed by atoms with Gasteiger partial charge in [-0.2, -0.15) is 0 Å². The number of carbonyl (C=O) groups is 1. The molecule has 2 atom stereocenters. The maximum atomic E-state index is 12.5. The standard InChI is InChI=1S/C18H18N2O3/c21-16-7-8-23-17-6-5-14(9-15(16)17)19-18(22)20-10-12-3-1-2-4-13(12)11-20/h1-2,5-9,12-13H,3-4,10-11H2,(H,19,22)/t12-,13+. The molecule has 0 saturated carbocycles. The first-order chi connectivity index (χ1) is 11.2. The molecule has 0 spiro atoms. The van der Waals surface area contributed by atoms with Crippen LogP contribution in [0.15, 0.2) is 51.9 Å². The average molecular weight is 310 g/mol. The minimum Gasteiger partial charge on any atom is -0.464 e. The number of likely N-dealkylation sites (tertiary alicyclic amines) is 1. The van der Waals surface area contributed by atoms with Crippen LogP contribution in [0.25, 0.3) is 11.0 Å². The maximum Gasteiger partial charge on any atom is 0.321 e. The first kappa shape index (κ1) is 14.1. The number of urea groups is 1. The van der Waals surface area contributed by atoms with Crippen LogP contribution >= 0.6 is 0 Å². The number of fused-ring (bicyclic) bond motifs is 2. The summed E-state index contributed by atoms with van der Waals surface area (Å²) in [6.45, 7) is 1.60. The summed E-state index contributed by atoms with van der Waals surface area (Å²) in [4.78, 5) is 26.2. The molecule has 5 nitrogen and oxygen atoms in total.